The van der Waals surface area contributed by atoms with Crippen molar-refractivity contribution >= 4 is 23.7 Å². The van der Waals surface area contributed by atoms with Crippen LogP contribution in [-0.4, -0.2) is 31.0 Å². The number of rotatable bonds is 5. The number of anilines is 1. The SMILES string of the molecule is CN(C)c1ccc(/C=C(/C#N)C(=O)c2ccc(C(=O)O)cc2)o1. The second-order valence-electron chi connectivity index (χ2n) is 4.95. The summed E-state index contributed by atoms with van der Waals surface area (Å²) in [4.78, 5) is 24.9. The molecule has 1 heterocycles. The first-order valence-corrected chi connectivity index (χ1v) is 6.69. The van der Waals surface area contributed by atoms with Gasteiger partial charge in [-0.05, 0) is 18.2 Å². The molecule has 0 amide bonds. The van der Waals surface area contributed by atoms with Crippen molar-refractivity contribution in [3.05, 3.63) is 58.9 Å². The Balaban J connectivity index is 2.28. The molecule has 0 spiro atoms. The van der Waals surface area contributed by atoms with Gasteiger partial charge in [0.05, 0.1) is 5.56 Å². The van der Waals surface area contributed by atoms with Gasteiger partial charge in [0.2, 0.25) is 5.78 Å². The maximum absolute atomic E-state index is 12.3. The fourth-order valence-corrected chi connectivity index (χ4v) is 1.87. The lowest BCUT2D eigenvalue weighted by molar-refractivity contribution is 0.0696. The number of carbonyl (C=O) groups excluding carboxylic acids is 1. The zero-order chi connectivity index (χ0) is 17.0. The van der Waals surface area contributed by atoms with E-state index < -0.39 is 11.8 Å². The largest absolute Gasteiger partial charge is 0.478 e. The van der Waals surface area contributed by atoms with Crippen LogP contribution < -0.4 is 4.90 Å². The molecule has 0 saturated heterocycles. The van der Waals surface area contributed by atoms with Gasteiger partial charge in [-0.15, -0.1) is 0 Å². The number of benzene rings is 1. The molecular formula is C17H14N2O4. The summed E-state index contributed by atoms with van der Waals surface area (Å²) in [5.74, 6) is -0.577. The molecule has 0 aliphatic rings. The van der Waals surface area contributed by atoms with Gasteiger partial charge in [-0.25, -0.2) is 4.79 Å². The third-order valence-electron chi connectivity index (χ3n) is 3.10. The van der Waals surface area contributed by atoms with Crippen molar-refractivity contribution in [2.75, 3.05) is 19.0 Å². The second kappa shape index (κ2) is 6.62. The predicted molar refractivity (Wildman–Crippen MR) is 84.4 cm³/mol. The van der Waals surface area contributed by atoms with E-state index in [4.69, 9.17) is 9.52 Å². The van der Waals surface area contributed by atoms with E-state index in [2.05, 4.69) is 0 Å². The molecule has 0 aliphatic heterocycles. The summed E-state index contributed by atoms with van der Waals surface area (Å²) in [7, 11) is 3.62. The highest BCUT2D eigenvalue weighted by Crippen LogP contribution is 2.19. The number of carbonyl (C=O) groups is 2. The molecule has 1 N–H and O–H groups in total. The number of ketones is 1. The molecule has 2 rings (SSSR count). The number of nitrogens with zero attached hydrogens (tertiary/aromatic N) is 2. The van der Waals surface area contributed by atoms with E-state index in [1.807, 2.05) is 20.2 Å². The van der Waals surface area contributed by atoms with E-state index in [0.29, 0.717) is 11.6 Å². The third kappa shape index (κ3) is 3.66. The molecule has 0 bridgehead atoms. The van der Waals surface area contributed by atoms with Crippen molar-refractivity contribution < 1.29 is 19.1 Å². The number of carboxylic acid groups (broad SMARTS) is 1. The topological polar surface area (TPSA) is 94.5 Å². The Labute approximate surface area is 132 Å². The van der Waals surface area contributed by atoms with E-state index in [1.165, 1.54) is 30.3 Å². The highest BCUT2D eigenvalue weighted by atomic mass is 16.4. The molecular weight excluding hydrogens is 296 g/mol. The smallest absolute Gasteiger partial charge is 0.335 e. The van der Waals surface area contributed by atoms with Gasteiger partial charge in [-0.3, -0.25) is 4.79 Å². The van der Waals surface area contributed by atoms with E-state index in [9.17, 15) is 14.9 Å². The lowest BCUT2D eigenvalue weighted by atomic mass is 10.0. The lowest BCUT2D eigenvalue weighted by Crippen LogP contribution is -2.06. The van der Waals surface area contributed by atoms with Crippen molar-refractivity contribution in [1.29, 1.82) is 5.26 Å². The summed E-state index contributed by atoms with van der Waals surface area (Å²) < 4.78 is 5.48. The molecule has 0 fully saturated rings. The Bertz CT molecular complexity index is 808. The first-order chi connectivity index (χ1) is 10.9. The van der Waals surface area contributed by atoms with Gasteiger partial charge in [-0.1, -0.05) is 12.1 Å². The van der Waals surface area contributed by atoms with Crippen LogP contribution in [0.5, 0.6) is 0 Å². The summed E-state index contributed by atoms with van der Waals surface area (Å²) in [5.41, 5.74) is 0.223. The minimum Gasteiger partial charge on any atom is -0.478 e. The van der Waals surface area contributed by atoms with Gasteiger partial charge in [0.15, 0.2) is 5.88 Å². The van der Waals surface area contributed by atoms with Gasteiger partial charge in [0.25, 0.3) is 0 Å². The molecule has 0 atom stereocenters. The number of hydrogen-bond donors (Lipinski definition) is 1. The fraction of sp³-hybridized carbons (Fsp3) is 0.118. The maximum atomic E-state index is 12.3. The zero-order valence-corrected chi connectivity index (χ0v) is 12.6. The van der Waals surface area contributed by atoms with Crippen LogP contribution in [0.3, 0.4) is 0 Å². The van der Waals surface area contributed by atoms with Crippen molar-refractivity contribution in [2.24, 2.45) is 0 Å². The Morgan fingerprint density at radius 3 is 2.22 bits per heavy atom. The number of nitriles is 1. The molecule has 1 aromatic carbocycles. The van der Waals surface area contributed by atoms with E-state index in [0.717, 1.165) is 0 Å². The van der Waals surface area contributed by atoms with Crippen LogP contribution in [0.2, 0.25) is 0 Å². The molecule has 0 aliphatic carbocycles. The first kappa shape index (κ1) is 16.0. The third-order valence-corrected chi connectivity index (χ3v) is 3.10. The lowest BCUT2D eigenvalue weighted by Gasteiger charge is -2.06. The van der Waals surface area contributed by atoms with Crippen LogP contribution in [0.4, 0.5) is 5.88 Å². The summed E-state index contributed by atoms with van der Waals surface area (Å²) >= 11 is 0. The first-order valence-electron chi connectivity index (χ1n) is 6.69. The van der Waals surface area contributed by atoms with Gasteiger partial charge in [0, 0.05) is 31.8 Å². The molecule has 116 valence electrons. The fourth-order valence-electron chi connectivity index (χ4n) is 1.87. The average molecular weight is 310 g/mol. The zero-order valence-electron chi connectivity index (χ0n) is 12.6. The highest BCUT2D eigenvalue weighted by Gasteiger charge is 2.14. The summed E-state index contributed by atoms with van der Waals surface area (Å²) in [6.07, 6.45) is 1.36. The van der Waals surface area contributed by atoms with Crippen molar-refractivity contribution in [3.63, 3.8) is 0 Å². The number of hydrogen-bond acceptors (Lipinski definition) is 5. The summed E-state index contributed by atoms with van der Waals surface area (Å²) in [6, 6.07) is 10.6. The summed E-state index contributed by atoms with van der Waals surface area (Å²) in [5, 5.41) is 18.0. The number of allylic oxidation sites excluding steroid dienone is 1. The van der Waals surface area contributed by atoms with Gasteiger partial charge < -0.3 is 14.4 Å². The van der Waals surface area contributed by atoms with Gasteiger partial charge >= 0.3 is 5.97 Å². The van der Waals surface area contributed by atoms with E-state index >= 15 is 0 Å². The van der Waals surface area contributed by atoms with Crippen LogP contribution >= 0.6 is 0 Å². The number of furan rings is 1. The number of Topliss-reactive ketones (excluding diaryl/α,β-unsaturated/α-hetero) is 1. The van der Waals surface area contributed by atoms with Crippen molar-refractivity contribution in [2.45, 2.75) is 0 Å². The molecule has 23 heavy (non-hydrogen) atoms. The van der Waals surface area contributed by atoms with Gasteiger partial charge in [-0.2, -0.15) is 5.26 Å². The molecule has 6 heteroatoms. The van der Waals surface area contributed by atoms with E-state index in [-0.39, 0.29) is 16.7 Å². The Morgan fingerprint density at radius 2 is 1.74 bits per heavy atom. The minimum absolute atomic E-state index is 0.0747. The van der Waals surface area contributed by atoms with Crippen LogP contribution in [0.1, 0.15) is 26.5 Å². The number of carboxylic acids is 1. The quantitative estimate of drug-likeness (QED) is 0.518. The predicted octanol–water partition coefficient (Wildman–Crippen LogP) is 2.83. The maximum Gasteiger partial charge on any atom is 0.335 e. The molecule has 0 saturated carbocycles. The monoisotopic (exact) mass is 310 g/mol. The molecule has 1 aromatic heterocycles. The van der Waals surface area contributed by atoms with Crippen LogP contribution in [-0.2, 0) is 0 Å². The van der Waals surface area contributed by atoms with Crippen LogP contribution in [0.25, 0.3) is 6.08 Å². The highest BCUT2D eigenvalue weighted by molar-refractivity contribution is 6.14. The minimum atomic E-state index is -1.08. The molecule has 2 aromatic rings. The Kier molecular flexibility index (Phi) is 4.62. The van der Waals surface area contributed by atoms with E-state index in [1.54, 1.807) is 17.0 Å². The Morgan fingerprint density at radius 1 is 1.13 bits per heavy atom. The second-order valence-corrected chi connectivity index (χ2v) is 4.95. The molecule has 0 unspecified atom stereocenters. The molecule has 6 nitrogen and oxygen atoms in total. The standard InChI is InChI=1S/C17H14N2O4/c1-19(2)15-8-7-14(23-15)9-13(10-18)16(20)11-3-5-12(6-4-11)17(21)22/h3-9H,1-2H3,(H,21,22)/b13-9-. The van der Waals surface area contributed by atoms with Crippen molar-refractivity contribution in [3.8, 4) is 6.07 Å². The van der Waals surface area contributed by atoms with Crippen LogP contribution in [0.15, 0.2) is 46.4 Å². The number of aromatic carboxylic acids is 1. The summed E-state index contributed by atoms with van der Waals surface area (Å²) in [6.45, 7) is 0. The van der Waals surface area contributed by atoms with Crippen LogP contribution in [0, 0.1) is 11.3 Å². The normalized spacial score (nSPS) is 10.9. The van der Waals surface area contributed by atoms with Gasteiger partial charge in [0.1, 0.15) is 17.4 Å². The Hall–Kier alpha value is -3.33. The van der Waals surface area contributed by atoms with Crippen molar-refractivity contribution in [1.82, 2.24) is 0 Å². The molecule has 0 radical (unpaired) electrons. The average Bonchev–Trinajstić information content (AvgIpc) is 3.01.